The fourth-order valence-corrected chi connectivity index (χ4v) is 3.79. The van der Waals surface area contributed by atoms with Crippen LogP contribution in [0.5, 0.6) is 0 Å². The summed E-state index contributed by atoms with van der Waals surface area (Å²) in [6.45, 7) is 0.0150. The highest BCUT2D eigenvalue weighted by atomic mass is 32.2. The Labute approximate surface area is 156 Å². The van der Waals surface area contributed by atoms with Gasteiger partial charge in [-0.25, -0.2) is 18.1 Å². The molecule has 0 atom stereocenters. The average molecular weight is 385 g/mol. The van der Waals surface area contributed by atoms with Gasteiger partial charge in [0.25, 0.3) is 0 Å². The molecule has 3 aromatic rings. The molecular formula is C19H19N3O4S. The maximum absolute atomic E-state index is 12.1. The van der Waals surface area contributed by atoms with E-state index in [2.05, 4.69) is 15.0 Å². The Kier molecular flexibility index (Phi) is 4.67. The van der Waals surface area contributed by atoms with Crippen molar-refractivity contribution in [2.24, 2.45) is 0 Å². The van der Waals surface area contributed by atoms with Gasteiger partial charge in [-0.2, -0.15) is 0 Å². The van der Waals surface area contributed by atoms with Crippen molar-refractivity contribution in [1.29, 1.82) is 0 Å². The summed E-state index contributed by atoms with van der Waals surface area (Å²) in [5, 5.41) is 2.76. The van der Waals surface area contributed by atoms with Crippen molar-refractivity contribution in [3.8, 4) is 0 Å². The number of rotatable bonds is 7. The first-order valence-corrected chi connectivity index (χ1v) is 10.2. The van der Waals surface area contributed by atoms with Crippen LogP contribution in [-0.2, 0) is 14.8 Å². The molecule has 0 aliphatic heterocycles. The highest BCUT2D eigenvalue weighted by Gasteiger charge is 2.28. The number of aromatic nitrogens is 1. The smallest absolute Gasteiger partial charge is 0.240 e. The third kappa shape index (κ3) is 4.17. The van der Waals surface area contributed by atoms with E-state index in [-0.39, 0.29) is 23.8 Å². The van der Waals surface area contributed by atoms with Crippen molar-refractivity contribution in [2.75, 3.05) is 11.9 Å². The molecule has 7 nitrogen and oxygen atoms in total. The number of benzene rings is 2. The SMILES string of the molecule is O=C(CCNS(=O)(=O)c1ccccc1)Nc1ccc2oc(C3CC3)nc2c1. The van der Waals surface area contributed by atoms with Crippen LogP contribution in [0.1, 0.15) is 31.1 Å². The van der Waals surface area contributed by atoms with Gasteiger partial charge in [-0.3, -0.25) is 4.79 Å². The van der Waals surface area contributed by atoms with Gasteiger partial charge in [0.2, 0.25) is 15.9 Å². The number of nitrogens with one attached hydrogen (secondary N) is 2. The first kappa shape index (κ1) is 17.7. The van der Waals surface area contributed by atoms with E-state index in [1.54, 1.807) is 36.4 Å². The van der Waals surface area contributed by atoms with Gasteiger partial charge in [-0.15, -0.1) is 0 Å². The van der Waals surface area contributed by atoms with Crippen LogP contribution in [-0.4, -0.2) is 25.9 Å². The maximum Gasteiger partial charge on any atom is 0.240 e. The number of anilines is 1. The summed E-state index contributed by atoms with van der Waals surface area (Å²) in [6, 6.07) is 13.3. The zero-order valence-corrected chi connectivity index (χ0v) is 15.3. The minimum atomic E-state index is -3.61. The summed E-state index contributed by atoms with van der Waals surface area (Å²) in [5.41, 5.74) is 2.01. The maximum atomic E-state index is 12.1. The van der Waals surface area contributed by atoms with E-state index in [1.165, 1.54) is 12.1 Å². The van der Waals surface area contributed by atoms with E-state index in [0.29, 0.717) is 22.7 Å². The van der Waals surface area contributed by atoms with Crippen LogP contribution in [0.3, 0.4) is 0 Å². The Morgan fingerprint density at radius 2 is 1.93 bits per heavy atom. The van der Waals surface area contributed by atoms with Gasteiger partial charge in [0, 0.05) is 24.6 Å². The van der Waals surface area contributed by atoms with Crippen LogP contribution < -0.4 is 10.0 Å². The molecular weight excluding hydrogens is 366 g/mol. The van der Waals surface area contributed by atoms with Crippen LogP contribution in [0.25, 0.3) is 11.1 Å². The summed E-state index contributed by atoms with van der Waals surface area (Å²) >= 11 is 0. The normalized spacial score (nSPS) is 14.4. The Balaban J connectivity index is 1.33. The molecule has 0 saturated heterocycles. The lowest BCUT2D eigenvalue weighted by Crippen LogP contribution is -2.27. The molecule has 0 bridgehead atoms. The van der Waals surface area contributed by atoms with Crippen molar-refractivity contribution < 1.29 is 17.6 Å². The van der Waals surface area contributed by atoms with E-state index in [1.807, 2.05) is 0 Å². The number of amides is 1. The lowest BCUT2D eigenvalue weighted by atomic mass is 10.2. The van der Waals surface area contributed by atoms with Crippen molar-refractivity contribution in [3.63, 3.8) is 0 Å². The number of carbonyl (C=O) groups excluding carboxylic acids is 1. The fraction of sp³-hybridized carbons (Fsp3) is 0.263. The Hall–Kier alpha value is -2.71. The average Bonchev–Trinajstić information content (AvgIpc) is 3.42. The lowest BCUT2D eigenvalue weighted by molar-refractivity contribution is -0.116. The quantitative estimate of drug-likeness (QED) is 0.651. The zero-order valence-electron chi connectivity index (χ0n) is 14.5. The van der Waals surface area contributed by atoms with Gasteiger partial charge in [0.1, 0.15) is 5.52 Å². The third-order valence-corrected chi connectivity index (χ3v) is 5.79. The molecule has 2 N–H and O–H groups in total. The van der Waals surface area contributed by atoms with Crippen LogP contribution in [0, 0.1) is 0 Å². The minimum absolute atomic E-state index is 0.0150. The standard InChI is InChI=1S/C19H19N3O4S/c23-18(10-11-20-27(24,25)15-4-2-1-3-5-15)21-14-8-9-17-16(12-14)22-19(26-17)13-6-7-13/h1-5,8-9,12-13,20H,6-7,10-11H2,(H,21,23). The Morgan fingerprint density at radius 1 is 1.15 bits per heavy atom. The van der Waals surface area contributed by atoms with Crippen molar-refractivity contribution in [1.82, 2.24) is 9.71 Å². The lowest BCUT2D eigenvalue weighted by Gasteiger charge is -2.07. The van der Waals surface area contributed by atoms with Crippen LogP contribution in [0.4, 0.5) is 5.69 Å². The topological polar surface area (TPSA) is 101 Å². The van der Waals surface area contributed by atoms with E-state index in [4.69, 9.17) is 4.42 Å². The molecule has 8 heteroatoms. The summed E-state index contributed by atoms with van der Waals surface area (Å²) < 4.78 is 32.4. The molecule has 1 aliphatic carbocycles. The molecule has 0 spiro atoms. The predicted octanol–water partition coefficient (Wildman–Crippen LogP) is 3.01. The zero-order chi connectivity index (χ0) is 18.9. The van der Waals surface area contributed by atoms with E-state index in [9.17, 15) is 13.2 Å². The van der Waals surface area contributed by atoms with Crippen molar-refractivity contribution >= 4 is 32.7 Å². The van der Waals surface area contributed by atoms with Gasteiger partial charge in [-0.05, 0) is 43.2 Å². The van der Waals surface area contributed by atoms with Crippen molar-refractivity contribution in [3.05, 3.63) is 54.4 Å². The number of hydrogen-bond acceptors (Lipinski definition) is 5. The molecule has 1 aliphatic rings. The summed E-state index contributed by atoms with van der Waals surface area (Å²) in [7, 11) is -3.61. The molecule has 1 saturated carbocycles. The summed E-state index contributed by atoms with van der Waals surface area (Å²) in [4.78, 5) is 16.7. The first-order chi connectivity index (χ1) is 13.0. The van der Waals surface area contributed by atoms with E-state index in [0.717, 1.165) is 18.7 Å². The monoisotopic (exact) mass is 385 g/mol. The molecule has 27 heavy (non-hydrogen) atoms. The van der Waals surface area contributed by atoms with Gasteiger partial charge < -0.3 is 9.73 Å². The summed E-state index contributed by atoms with van der Waals surface area (Å²) in [5.74, 6) is 0.896. The number of fused-ring (bicyclic) bond motifs is 1. The summed E-state index contributed by atoms with van der Waals surface area (Å²) in [6.07, 6.45) is 2.24. The number of sulfonamides is 1. The molecule has 2 aromatic carbocycles. The molecule has 0 radical (unpaired) electrons. The molecule has 0 unspecified atom stereocenters. The van der Waals surface area contributed by atoms with Crippen LogP contribution >= 0.6 is 0 Å². The van der Waals surface area contributed by atoms with Gasteiger partial charge >= 0.3 is 0 Å². The van der Waals surface area contributed by atoms with E-state index >= 15 is 0 Å². The van der Waals surface area contributed by atoms with Gasteiger partial charge in [0.05, 0.1) is 4.90 Å². The van der Waals surface area contributed by atoms with Gasteiger partial charge in [0.15, 0.2) is 11.5 Å². The molecule has 1 aromatic heterocycles. The van der Waals surface area contributed by atoms with E-state index < -0.39 is 10.0 Å². The van der Waals surface area contributed by atoms with Crippen LogP contribution in [0.2, 0.25) is 0 Å². The minimum Gasteiger partial charge on any atom is -0.440 e. The van der Waals surface area contributed by atoms with Gasteiger partial charge in [-0.1, -0.05) is 18.2 Å². The fourth-order valence-electron chi connectivity index (χ4n) is 2.73. The molecule has 1 fully saturated rings. The molecule has 1 heterocycles. The largest absolute Gasteiger partial charge is 0.440 e. The number of carbonyl (C=O) groups is 1. The van der Waals surface area contributed by atoms with Crippen molar-refractivity contribution in [2.45, 2.75) is 30.1 Å². The molecule has 1 amide bonds. The first-order valence-electron chi connectivity index (χ1n) is 8.76. The predicted molar refractivity (Wildman–Crippen MR) is 101 cm³/mol. The number of nitrogens with zero attached hydrogens (tertiary/aromatic N) is 1. The second kappa shape index (κ2) is 7.13. The highest BCUT2D eigenvalue weighted by Crippen LogP contribution is 2.40. The second-order valence-electron chi connectivity index (χ2n) is 6.52. The molecule has 4 rings (SSSR count). The Bertz CT molecular complexity index is 1070. The Morgan fingerprint density at radius 3 is 2.67 bits per heavy atom. The number of oxazole rings is 1. The van der Waals surface area contributed by atoms with Crippen LogP contribution in [0.15, 0.2) is 57.8 Å². The number of hydrogen-bond donors (Lipinski definition) is 2. The third-order valence-electron chi connectivity index (χ3n) is 4.31. The second-order valence-corrected chi connectivity index (χ2v) is 8.28. The molecule has 140 valence electrons. The highest BCUT2D eigenvalue weighted by molar-refractivity contribution is 7.89.